The number of aryl methyl sites for hydroxylation is 2. The third-order valence-corrected chi connectivity index (χ3v) is 5.38. The third-order valence-electron chi connectivity index (χ3n) is 5.38. The Bertz CT molecular complexity index is 963. The molecule has 3 N–H and O–H groups in total. The highest BCUT2D eigenvalue weighted by Gasteiger charge is 2.33. The molecule has 4 amide bonds. The first kappa shape index (κ1) is 19.0. The molecule has 29 heavy (non-hydrogen) atoms. The van der Waals surface area contributed by atoms with Crippen LogP contribution in [0, 0.1) is 13.8 Å². The Morgan fingerprint density at radius 2 is 2.00 bits per heavy atom. The Morgan fingerprint density at radius 1 is 1.24 bits per heavy atom. The third kappa shape index (κ3) is 3.80. The van der Waals surface area contributed by atoms with Crippen LogP contribution in [0.25, 0.3) is 0 Å². The second-order valence-electron chi connectivity index (χ2n) is 7.45. The number of nitrogens with zero attached hydrogens (tertiary/aromatic N) is 2. The van der Waals surface area contributed by atoms with Crippen molar-refractivity contribution in [2.24, 2.45) is 0 Å². The van der Waals surface area contributed by atoms with Crippen LogP contribution in [-0.2, 0) is 22.6 Å². The fourth-order valence-corrected chi connectivity index (χ4v) is 3.76. The number of urea groups is 1. The van der Waals surface area contributed by atoms with Gasteiger partial charge >= 0.3 is 6.03 Å². The molecule has 1 aromatic heterocycles. The highest BCUT2D eigenvalue weighted by molar-refractivity contribution is 5.98. The summed E-state index contributed by atoms with van der Waals surface area (Å²) < 4.78 is 5.49. The lowest BCUT2D eigenvalue weighted by atomic mass is 10.0. The molecule has 9 nitrogen and oxygen atoms in total. The molecule has 3 heterocycles. The van der Waals surface area contributed by atoms with E-state index in [-0.39, 0.29) is 24.7 Å². The molecule has 9 heteroatoms. The Balaban J connectivity index is 1.52. The van der Waals surface area contributed by atoms with Crippen molar-refractivity contribution < 1.29 is 18.9 Å². The summed E-state index contributed by atoms with van der Waals surface area (Å²) in [5, 5.41) is 12.3. The molecule has 1 fully saturated rings. The largest absolute Gasteiger partial charge is 0.359 e. The first-order valence-corrected chi connectivity index (χ1v) is 9.62. The van der Waals surface area contributed by atoms with Crippen LogP contribution in [0.3, 0.4) is 0 Å². The highest BCUT2D eigenvalue weighted by atomic mass is 16.5. The van der Waals surface area contributed by atoms with E-state index in [1.165, 1.54) is 0 Å². The average Bonchev–Trinajstić information content (AvgIpc) is 3.00. The Morgan fingerprint density at radius 3 is 2.76 bits per heavy atom. The molecule has 1 atom stereocenters. The Kier molecular flexibility index (Phi) is 4.96. The van der Waals surface area contributed by atoms with E-state index >= 15 is 0 Å². The van der Waals surface area contributed by atoms with E-state index in [1.807, 2.05) is 32.0 Å². The number of hydrogen-bond donors (Lipinski definition) is 3. The quantitative estimate of drug-likeness (QED) is 0.728. The molecule has 0 unspecified atom stereocenters. The van der Waals surface area contributed by atoms with E-state index in [2.05, 4.69) is 21.1 Å². The second-order valence-corrected chi connectivity index (χ2v) is 7.45. The van der Waals surface area contributed by atoms with Crippen LogP contribution in [0.15, 0.2) is 22.7 Å². The van der Waals surface area contributed by atoms with Crippen LogP contribution in [-0.4, -0.2) is 40.5 Å². The predicted molar refractivity (Wildman–Crippen MR) is 105 cm³/mol. The number of aromatic nitrogens is 1. The number of rotatable bonds is 3. The van der Waals surface area contributed by atoms with Crippen molar-refractivity contribution in [2.75, 3.05) is 11.9 Å². The second kappa shape index (κ2) is 7.57. The molecule has 4 rings (SSSR count). The van der Waals surface area contributed by atoms with Gasteiger partial charge in [-0.05, 0) is 31.4 Å². The Hall–Kier alpha value is -3.36. The van der Waals surface area contributed by atoms with Gasteiger partial charge in [0.1, 0.15) is 11.8 Å². The molecule has 1 aromatic carbocycles. The topological polar surface area (TPSA) is 117 Å². The number of hydrogen-bond acceptors (Lipinski definition) is 6. The molecule has 1 saturated heterocycles. The van der Waals surface area contributed by atoms with Crippen molar-refractivity contribution in [1.82, 2.24) is 20.7 Å². The first-order valence-electron chi connectivity index (χ1n) is 9.62. The zero-order valence-electron chi connectivity index (χ0n) is 16.4. The lowest BCUT2D eigenvalue weighted by Crippen LogP contribution is -2.50. The normalized spacial score (nSPS) is 19.1. The summed E-state index contributed by atoms with van der Waals surface area (Å²) in [5.74, 6) is 0.763. The van der Waals surface area contributed by atoms with Gasteiger partial charge in [-0.2, -0.15) is 0 Å². The first-order chi connectivity index (χ1) is 13.9. The van der Waals surface area contributed by atoms with Crippen molar-refractivity contribution in [3.63, 3.8) is 0 Å². The van der Waals surface area contributed by atoms with Gasteiger partial charge in [0.25, 0.3) is 0 Å². The number of amides is 4. The lowest BCUT2D eigenvalue weighted by Gasteiger charge is -2.29. The van der Waals surface area contributed by atoms with Gasteiger partial charge in [-0.1, -0.05) is 23.4 Å². The molecule has 0 saturated carbocycles. The van der Waals surface area contributed by atoms with Crippen LogP contribution in [0.5, 0.6) is 0 Å². The van der Waals surface area contributed by atoms with Gasteiger partial charge in [0.05, 0.1) is 12.1 Å². The van der Waals surface area contributed by atoms with E-state index in [4.69, 9.17) is 4.52 Å². The molecule has 0 spiro atoms. The standard InChI is InChI=1S/C20H23N5O4/c1-11-4-3-5-12(2)17(11)23-18-13-10-25(9-8-15(13)29-24-18)19(27)14-6-7-16(26)22-20(28)21-14/h3-5,14H,6-10H2,1-2H3,(H,23,24)(H2,21,22,26,28)/t14-/m0/s1. The summed E-state index contributed by atoms with van der Waals surface area (Å²) >= 11 is 0. The summed E-state index contributed by atoms with van der Waals surface area (Å²) in [7, 11) is 0. The number of nitrogens with one attached hydrogen (secondary N) is 3. The number of carbonyl (C=O) groups is 3. The van der Waals surface area contributed by atoms with Crippen molar-refractivity contribution in [2.45, 2.75) is 45.7 Å². The number of para-hydroxylation sites is 1. The van der Waals surface area contributed by atoms with Crippen LogP contribution in [0.1, 0.15) is 35.3 Å². The van der Waals surface area contributed by atoms with Crippen LogP contribution in [0.2, 0.25) is 0 Å². The van der Waals surface area contributed by atoms with E-state index in [1.54, 1.807) is 4.90 Å². The molecular weight excluding hydrogens is 374 g/mol. The van der Waals surface area contributed by atoms with Crippen LogP contribution in [0.4, 0.5) is 16.3 Å². The van der Waals surface area contributed by atoms with Crippen molar-refractivity contribution in [1.29, 1.82) is 0 Å². The lowest BCUT2D eigenvalue weighted by molar-refractivity contribution is -0.134. The van der Waals surface area contributed by atoms with Crippen molar-refractivity contribution in [3.05, 3.63) is 40.6 Å². The summed E-state index contributed by atoms with van der Waals surface area (Å²) in [6, 6.07) is 4.67. The van der Waals surface area contributed by atoms with Crippen molar-refractivity contribution >= 4 is 29.4 Å². The zero-order chi connectivity index (χ0) is 20.5. The van der Waals surface area contributed by atoms with Gasteiger partial charge in [0.15, 0.2) is 5.82 Å². The monoisotopic (exact) mass is 397 g/mol. The van der Waals surface area contributed by atoms with Gasteiger partial charge in [-0.25, -0.2) is 4.79 Å². The fraction of sp³-hybridized carbons (Fsp3) is 0.400. The van der Waals surface area contributed by atoms with Crippen LogP contribution < -0.4 is 16.0 Å². The predicted octanol–water partition coefficient (Wildman–Crippen LogP) is 1.91. The molecular formula is C20H23N5O4. The van der Waals surface area contributed by atoms with Gasteiger partial charge < -0.3 is 20.1 Å². The number of imide groups is 1. The molecule has 2 aromatic rings. The molecule has 2 aliphatic heterocycles. The van der Waals surface area contributed by atoms with Crippen molar-refractivity contribution in [3.8, 4) is 0 Å². The van der Waals surface area contributed by atoms with Gasteiger partial charge in [0.2, 0.25) is 11.8 Å². The number of carbonyl (C=O) groups excluding carboxylic acids is 3. The van der Waals surface area contributed by atoms with Gasteiger partial charge in [-0.3, -0.25) is 14.9 Å². The summed E-state index contributed by atoms with van der Waals surface area (Å²) in [4.78, 5) is 37.9. The molecule has 0 radical (unpaired) electrons. The van der Waals surface area contributed by atoms with E-state index in [0.29, 0.717) is 25.3 Å². The molecule has 152 valence electrons. The average molecular weight is 397 g/mol. The van der Waals surface area contributed by atoms with Gasteiger partial charge in [-0.15, -0.1) is 0 Å². The minimum absolute atomic E-state index is 0.126. The highest BCUT2D eigenvalue weighted by Crippen LogP contribution is 2.31. The molecule has 2 aliphatic rings. The van der Waals surface area contributed by atoms with E-state index in [9.17, 15) is 14.4 Å². The minimum atomic E-state index is -0.724. The SMILES string of the molecule is Cc1cccc(C)c1Nc1noc2c1CN(C(=O)[C@@H]1CCC(=O)NC(=O)N1)CC2. The number of fused-ring (bicyclic) bond motifs is 1. The van der Waals surface area contributed by atoms with Crippen LogP contribution >= 0.6 is 0 Å². The van der Waals surface area contributed by atoms with E-state index < -0.39 is 12.1 Å². The summed E-state index contributed by atoms with van der Waals surface area (Å²) in [6.07, 6.45) is 0.943. The molecule has 0 bridgehead atoms. The fourth-order valence-electron chi connectivity index (χ4n) is 3.76. The molecule has 0 aliphatic carbocycles. The van der Waals surface area contributed by atoms with E-state index in [0.717, 1.165) is 28.1 Å². The maximum atomic E-state index is 13.0. The maximum Gasteiger partial charge on any atom is 0.322 e. The zero-order valence-corrected chi connectivity index (χ0v) is 16.4. The Labute approximate surface area is 167 Å². The minimum Gasteiger partial charge on any atom is -0.359 e. The number of benzene rings is 1. The maximum absolute atomic E-state index is 13.0. The summed E-state index contributed by atoms with van der Waals surface area (Å²) in [5.41, 5.74) is 3.97. The van der Waals surface area contributed by atoms with Gasteiger partial charge in [0, 0.05) is 25.1 Å². The smallest absolute Gasteiger partial charge is 0.322 e. The summed E-state index contributed by atoms with van der Waals surface area (Å²) in [6.45, 7) is 4.83. The number of anilines is 2.